The molecule has 0 aliphatic rings. The summed E-state index contributed by atoms with van der Waals surface area (Å²) in [6.07, 6.45) is 6.36. The van der Waals surface area contributed by atoms with Crippen LogP contribution in [0.25, 0.3) is 22.6 Å². The first-order chi connectivity index (χ1) is 22.7. The minimum atomic E-state index is -1.06. The zero-order valence-corrected chi connectivity index (χ0v) is 26.8. The lowest BCUT2D eigenvalue weighted by atomic mass is 10.0. The maximum absolute atomic E-state index is 15.5. The van der Waals surface area contributed by atoms with Crippen molar-refractivity contribution in [2.75, 3.05) is 19.4 Å². The van der Waals surface area contributed by atoms with Gasteiger partial charge in [0.05, 0.1) is 36.1 Å². The normalized spacial score (nSPS) is 12.0. The molecule has 1 unspecified atom stereocenters. The van der Waals surface area contributed by atoms with E-state index in [-0.39, 0.29) is 17.3 Å². The second kappa shape index (κ2) is 13.7. The number of hydrogen-bond acceptors (Lipinski definition) is 7. The highest BCUT2D eigenvalue weighted by Gasteiger charge is 2.25. The third-order valence-corrected chi connectivity index (χ3v) is 7.77. The van der Waals surface area contributed by atoms with E-state index in [1.807, 2.05) is 49.3 Å². The Morgan fingerprint density at radius 1 is 1.02 bits per heavy atom. The molecule has 0 aliphatic heterocycles. The Labute approximate surface area is 278 Å². The van der Waals surface area contributed by atoms with Crippen LogP contribution in [0.1, 0.15) is 17.4 Å². The number of carbonyl (C=O) groups is 1. The molecule has 1 amide bonds. The van der Waals surface area contributed by atoms with Gasteiger partial charge in [-0.15, -0.1) is 5.10 Å². The molecule has 0 saturated heterocycles. The van der Waals surface area contributed by atoms with Crippen molar-refractivity contribution in [2.24, 2.45) is 0 Å². The maximum atomic E-state index is 15.5. The van der Waals surface area contributed by atoms with E-state index in [1.165, 1.54) is 40.0 Å². The Kier molecular flexibility index (Phi) is 9.25. The summed E-state index contributed by atoms with van der Waals surface area (Å²) in [7, 11) is 3.84. The van der Waals surface area contributed by atoms with Crippen LogP contribution in [-0.2, 0) is 17.8 Å². The first-order valence-corrected chi connectivity index (χ1v) is 15.2. The number of nitrogens with zero attached hydrogens (tertiary/aromatic N) is 8. The monoisotopic (exact) mass is 671 g/mol. The van der Waals surface area contributed by atoms with Gasteiger partial charge in [-0.25, -0.2) is 19.0 Å². The van der Waals surface area contributed by atoms with Crippen LogP contribution in [0.15, 0.2) is 103 Å². The van der Waals surface area contributed by atoms with E-state index < -0.39 is 23.3 Å². The number of benzene rings is 3. The Bertz CT molecular complexity index is 2110. The standard InChI is InChI=1S/C33H28Cl2FN9O2/c1-42(2)19-31-37-12-13-43(31)23-9-10-26(25(36)16-23)39-33(47)29(14-21-6-4-3-5-7-21)44-20-38-27(17-32(44)46)24-15-22(34)8-11-28(24)45-18-30(35)40-41-45/h3-13,15-18,20,29H,14,19H2,1-2H3,(H,39,47). The maximum Gasteiger partial charge on any atom is 0.254 e. The van der Waals surface area contributed by atoms with Crippen molar-refractivity contribution in [3.8, 4) is 22.6 Å². The van der Waals surface area contributed by atoms with Gasteiger partial charge < -0.3 is 14.8 Å². The number of aromatic nitrogens is 7. The highest BCUT2D eigenvalue weighted by Crippen LogP contribution is 2.29. The highest BCUT2D eigenvalue weighted by molar-refractivity contribution is 6.31. The summed E-state index contributed by atoms with van der Waals surface area (Å²) in [4.78, 5) is 38.3. The van der Waals surface area contributed by atoms with Crippen LogP contribution in [0.3, 0.4) is 0 Å². The number of imidazole rings is 1. The molecule has 3 heterocycles. The molecule has 0 spiro atoms. The summed E-state index contributed by atoms with van der Waals surface area (Å²) in [6.45, 7) is 0.559. The molecule has 14 heteroatoms. The van der Waals surface area contributed by atoms with Crippen molar-refractivity contribution in [1.29, 1.82) is 0 Å². The van der Waals surface area contributed by atoms with Gasteiger partial charge in [0, 0.05) is 47.2 Å². The van der Waals surface area contributed by atoms with E-state index >= 15 is 4.39 Å². The Hall–Kier alpha value is -5.17. The van der Waals surface area contributed by atoms with Crippen LogP contribution in [0, 0.1) is 5.82 Å². The molecule has 0 fully saturated rings. The van der Waals surface area contributed by atoms with Gasteiger partial charge in [-0.1, -0.05) is 58.7 Å². The fourth-order valence-electron chi connectivity index (χ4n) is 5.16. The second-order valence-electron chi connectivity index (χ2n) is 11.0. The van der Waals surface area contributed by atoms with Crippen LogP contribution >= 0.6 is 23.2 Å². The van der Waals surface area contributed by atoms with Gasteiger partial charge >= 0.3 is 0 Å². The van der Waals surface area contributed by atoms with Crippen molar-refractivity contribution in [3.05, 3.63) is 135 Å². The van der Waals surface area contributed by atoms with Crippen LogP contribution in [0.2, 0.25) is 10.2 Å². The quantitative estimate of drug-likeness (QED) is 0.201. The summed E-state index contributed by atoms with van der Waals surface area (Å²) in [5.41, 5.74) is 2.16. The summed E-state index contributed by atoms with van der Waals surface area (Å²) in [5.74, 6) is -0.491. The summed E-state index contributed by atoms with van der Waals surface area (Å²) in [6, 6.07) is 19.0. The third-order valence-electron chi connectivity index (χ3n) is 7.36. The number of rotatable bonds is 10. The van der Waals surface area contributed by atoms with E-state index in [0.29, 0.717) is 34.2 Å². The number of halogens is 3. The van der Waals surface area contributed by atoms with Crippen molar-refractivity contribution in [1.82, 2.24) is 39.0 Å². The zero-order valence-electron chi connectivity index (χ0n) is 25.3. The third kappa shape index (κ3) is 7.14. The minimum Gasteiger partial charge on any atom is -0.322 e. The fourth-order valence-corrected chi connectivity index (χ4v) is 5.46. The van der Waals surface area contributed by atoms with E-state index in [0.717, 1.165) is 11.4 Å². The molecular formula is C33H28Cl2FN9O2. The zero-order chi connectivity index (χ0) is 33.1. The van der Waals surface area contributed by atoms with E-state index in [4.69, 9.17) is 23.2 Å². The molecule has 1 atom stereocenters. The Morgan fingerprint density at radius 2 is 1.83 bits per heavy atom. The number of hydrogen-bond donors (Lipinski definition) is 1. The lowest BCUT2D eigenvalue weighted by Gasteiger charge is -2.20. The molecule has 6 rings (SSSR count). The van der Waals surface area contributed by atoms with Crippen LogP contribution in [0.4, 0.5) is 10.1 Å². The Morgan fingerprint density at radius 3 is 2.53 bits per heavy atom. The fraction of sp³-hybridized carbons (Fsp3) is 0.152. The lowest BCUT2D eigenvalue weighted by Crippen LogP contribution is -2.35. The molecule has 3 aromatic carbocycles. The largest absolute Gasteiger partial charge is 0.322 e. The molecule has 3 aromatic heterocycles. The molecule has 6 aromatic rings. The first kappa shape index (κ1) is 31.8. The van der Waals surface area contributed by atoms with Gasteiger partial charge in [0.15, 0.2) is 5.15 Å². The molecule has 0 saturated carbocycles. The number of anilines is 1. The molecule has 238 valence electrons. The topological polar surface area (TPSA) is 116 Å². The van der Waals surface area contributed by atoms with Crippen molar-refractivity contribution < 1.29 is 9.18 Å². The molecular weight excluding hydrogens is 644 g/mol. The van der Waals surface area contributed by atoms with Crippen molar-refractivity contribution in [3.63, 3.8) is 0 Å². The second-order valence-corrected chi connectivity index (χ2v) is 11.8. The molecule has 47 heavy (non-hydrogen) atoms. The average Bonchev–Trinajstić information content (AvgIpc) is 3.70. The van der Waals surface area contributed by atoms with E-state index in [2.05, 4.69) is 25.6 Å². The van der Waals surface area contributed by atoms with Crippen molar-refractivity contribution in [2.45, 2.75) is 19.0 Å². The van der Waals surface area contributed by atoms with Gasteiger partial charge in [-0.3, -0.25) is 14.2 Å². The van der Waals surface area contributed by atoms with Gasteiger partial charge in [0.2, 0.25) is 5.91 Å². The number of carbonyl (C=O) groups excluding carboxylic acids is 1. The van der Waals surface area contributed by atoms with Gasteiger partial charge in [-0.2, -0.15) is 0 Å². The molecule has 11 nitrogen and oxygen atoms in total. The predicted octanol–water partition coefficient (Wildman–Crippen LogP) is 5.61. The smallest absolute Gasteiger partial charge is 0.254 e. The van der Waals surface area contributed by atoms with Crippen LogP contribution in [-0.4, -0.2) is 59.0 Å². The Balaban J connectivity index is 1.32. The van der Waals surface area contributed by atoms with Gasteiger partial charge in [0.25, 0.3) is 5.56 Å². The highest BCUT2D eigenvalue weighted by atomic mass is 35.5. The van der Waals surface area contributed by atoms with Gasteiger partial charge in [0.1, 0.15) is 17.7 Å². The minimum absolute atomic E-state index is 0.0289. The SMILES string of the molecule is CN(C)Cc1nccn1-c1ccc(NC(=O)C(Cc2ccccc2)n2cnc(-c3cc(Cl)ccc3-n3cc(Cl)nn3)cc2=O)c(F)c1. The molecule has 0 bridgehead atoms. The van der Waals surface area contributed by atoms with E-state index in [1.54, 1.807) is 41.2 Å². The number of nitrogens with one attached hydrogen (secondary N) is 1. The summed E-state index contributed by atoms with van der Waals surface area (Å²) in [5, 5.41) is 11.1. The van der Waals surface area contributed by atoms with Crippen molar-refractivity contribution >= 4 is 34.8 Å². The predicted molar refractivity (Wildman–Crippen MR) is 178 cm³/mol. The molecule has 0 radical (unpaired) electrons. The molecule has 1 N–H and O–H groups in total. The van der Waals surface area contributed by atoms with Gasteiger partial charge in [-0.05, 0) is 50.0 Å². The number of amides is 1. The van der Waals surface area contributed by atoms with Crippen LogP contribution < -0.4 is 10.9 Å². The van der Waals surface area contributed by atoms with Crippen LogP contribution in [0.5, 0.6) is 0 Å². The summed E-state index contributed by atoms with van der Waals surface area (Å²) >= 11 is 12.3. The lowest BCUT2D eigenvalue weighted by molar-refractivity contribution is -0.119. The summed E-state index contributed by atoms with van der Waals surface area (Å²) < 4.78 is 19.9. The molecule has 0 aliphatic carbocycles. The average molecular weight is 673 g/mol. The van der Waals surface area contributed by atoms with E-state index in [9.17, 15) is 9.59 Å². The first-order valence-electron chi connectivity index (χ1n) is 14.4.